The predicted molar refractivity (Wildman–Crippen MR) is 94.2 cm³/mol. The molecule has 0 radical (unpaired) electrons. The third-order valence-electron chi connectivity index (χ3n) is 4.76. The van der Waals surface area contributed by atoms with Crippen LogP contribution in [-0.2, 0) is 17.6 Å². The summed E-state index contributed by atoms with van der Waals surface area (Å²) in [5.74, 6) is -0.111. The van der Waals surface area contributed by atoms with Gasteiger partial charge in [0.15, 0.2) is 0 Å². The van der Waals surface area contributed by atoms with E-state index in [2.05, 4.69) is 39.4 Å². The Kier molecular flexibility index (Phi) is 4.37. The molecule has 0 fully saturated rings. The van der Waals surface area contributed by atoms with E-state index in [1.807, 2.05) is 24.3 Å². The normalized spacial score (nSPS) is 14.7. The molecule has 0 unspecified atom stereocenters. The monoisotopic (exact) mass is 333 g/mol. The van der Waals surface area contributed by atoms with Gasteiger partial charge in [0.05, 0.1) is 12.1 Å². The zero-order chi connectivity index (χ0) is 17.1. The summed E-state index contributed by atoms with van der Waals surface area (Å²) in [7, 11) is 0. The lowest BCUT2D eigenvalue weighted by molar-refractivity contribution is 0.0413. The van der Waals surface area contributed by atoms with Crippen LogP contribution in [0.15, 0.2) is 48.5 Å². The van der Waals surface area contributed by atoms with Crippen molar-refractivity contribution in [1.82, 2.24) is 15.2 Å². The maximum Gasteiger partial charge on any atom is 0.378 e. The maximum absolute atomic E-state index is 12.2. The fourth-order valence-corrected chi connectivity index (χ4v) is 3.30. The Bertz CT molecular complexity index is 883. The molecular weight excluding hydrogens is 314 g/mol. The highest BCUT2D eigenvalue weighted by atomic mass is 16.5. The van der Waals surface area contributed by atoms with Gasteiger partial charge in [-0.3, -0.25) is 0 Å². The molecule has 0 N–H and O–H groups in total. The minimum absolute atomic E-state index is 0.0237. The van der Waals surface area contributed by atoms with Gasteiger partial charge < -0.3 is 4.74 Å². The number of fused-ring (bicyclic) bond motifs is 2. The van der Waals surface area contributed by atoms with Crippen molar-refractivity contribution in [1.29, 1.82) is 0 Å². The number of carbonyl (C=O) groups excluding carboxylic acids is 1. The molecule has 0 saturated carbocycles. The number of esters is 1. The number of nitrogens with zero attached hydrogens (tertiary/aromatic N) is 3. The first-order chi connectivity index (χ1) is 12.3. The average molecular weight is 333 g/mol. The van der Waals surface area contributed by atoms with Crippen LogP contribution in [0.25, 0.3) is 11.0 Å². The van der Waals surface area contributed by atoms with E-state index in [1.165, 1.54) is 11.1 Å². The van der Waals surface area contributed by atoms with Gasteiger partial charge in [-0.1, -0.05) is 36.4 Å². The zero-order valence-electron chi connectivity index (χ0n) is 13.9. The number of rotatable bonds is 3. The summed E-state index contributed by atoms with van der Waals surface area (Å²) < 4.78 is 5.47. The average Bonchev–Trinajstić information content (AvgIpc) is 2.88. The highest BCUT2D eigenvalue weighted by molar-refractivity contribution is 5.87. The predicted octanol–water partition coefficient (Wildman–Crippen LogP) is 3.38. The third kappa shape index (κ3) is 3.50. The molecule has 0 bridgehead atoms. The van der Waals surface area contributed by atoms with Gasteiger partial charge in [0, 0.05) is 0 Å². The Morgan fingerprint density at radius 2 is 1.56 bits per heavy atom. The molecule has 4 rings (SSSR count). The van der Waals surface area contributed by atoms with Crippen molar-refractivity contribution >= 4 is 17.0 Å². The van der Waals surface area contributed by atoms with Crippen LogP contribution in [-0.4, -0.2) is 27.8 Å². The zero-order valence-corrected chi connectivity index (χ0v) is 13.9. The summed E-state index contributed by atoms with van der Waals surface area (Å²) in [4.78, 5) is 16.5. The number of benzene rings is 2. The summed E-state index contributed by atoms with van der Waals surface area (Å²) in [6.45, 7) is 0.406. The lowest BCUT2D eigenvalue weighted by atomic mass is 10.0. The molecule has 0 saturated heterocycles. The van der Waals surface area contributed by atoms with Crippen LogP contribution in [0.1, 0.15) is 34.6 Å². The van der Waals surface area contributed by atoms with Crippen LogP contribution in [0.5, 0.6) is 0 Å². The SMILES string of the molecule is O=C(OCC1CCc2ccccc2CC1)c1nnc2ccccc2n1. The molecule has 1 aliphatic carbocycles. The second kappa shape index (κ2) is 6.97. The molecule has 1 heterocycles. The number of aromatic nitrogens is 3. The van der Waals surface area contributed by atoms with Gasteiger partial charge in [0.1, 0.15) is 5.52 Å². The fourth-order valence-electron chi connectivity index (χ4n) is 3.30. The first-order valence-corrected chi connectivity index (χ1v) is 8.63. The Morgan fingerprint density at radius 1 is 0.920 bits per heavy atom. The maximum atomic E-state index is 12.2. The van der Waals surface area contributed by atoms with Crippen molar-refractivity contribution < 1.29 is 9.53 Å². The van der Waals surface area contributed by atoms with Crippen LogP contribution >= 0.6 is 0 Å². The molecule has 0 atom stereocenters. The molecule has 1 aliphatic rings. The third-order valence-corrected chi connectivity index (χ3v) is 4.76. The lowest BCUT2D eigenvalue weighted by Gasteiger charge is -2.13. The Labute approximate surface area is 146 Å². The van der Waals surface area contributed by atoms with Crippen molar-refractivity contribution in [2.75, 3.05) is 6.61 Å². The molecule has 0 amide bonds. The molecule has 5 heteroatoms. The van der Waals surface area contributed by atoms with Gasteiger partial charge in [-0.25, -0.2) is 9.78 Å². The molecule has 2 aromatic carbocycles. The van der Waals surface area contributed by atoms with Gasteiger partial charge in [-0.05, 0) is 54.9 Å². The largest absolute Gasteiger partial charge is 0.459 e. The summed E-state index contributed by atoms with van der Waals surface area (Å²) in [6, 6.07) is 15.9. The molecule has 3 aromatic rings. The molecule has 0 aliphatic heterocycles. The molecule has 1 aromatic heterocycles. The quantitative estimate of drug-likeness (QED) is 0.543. The number of hydrogen-bond acceptors (Lipinski definition) is 5. The van der Waals surface area contributed by atoms with Crippen LogP contribution in [0.2, 0.25) is 0 Å². The topological polar surface area (TPSA) is 65.0 Å². The van der Waals surface area contributed by atoms with E-state index in [-0.39, 0.29) is 5.82 Å². The summed E-state index contributed by atoms with van der Waals surface area (Å²) in [5.41, 5.74) is 4.15. The van der Waals surface area contributed by atoms with Crippen molar-refractivity contribution in [3.05, 3.63) is 65.5 Å². The van der Waals surface area contributed by atoms with E-state index < -0.39 is 5.97 Å². The second-order valence-corrected chi connectivity index (χ2v) is 6.43. The van der Waals surface area contributed by atoms with E-state index in [9.17, 15) is 4.79 Å². The van der Waals surface area contributed by atoms with Crippen molar-refractivity contribution in [2.24, 2.45) is 5.92 Å². The molecule has 25 heavy (non-hydrogen) atoms. The van der Waals surface area contributed by atoms with E-state index in [0.29, 0.717) is 23.6 Å². The standard InChI is InChI=1S/C20H19N3O2/c24-20(19-21-17-7-3-4-8-18(17)22-23-19)25-13-14-9-11-15-5-1-2-6-16(15)12-10-14/h1-8,14H,9-13H2. The highest BCUT2D eigenvalue weighted by Gasteiger charge is 2.19. The molecular formula is C20H19N3O2. The van der Waals surface area contributed by atoms with Crippen molar-refractivity contribution in [3.63, 3.8) is 0 Å². The van der Waals surface area contributed by atoms with Gasteiger partial charge in [0.2, 0.25) is 0 Å². The minimum Gasteiger partial charge on any atom is -0.459 e. The van der Waals surface area contributed by atoms with Gasteiger partial charge >= 0.3 is 5.97 Å². The number of para-hydroxylation sites is 1. The fraction of sp³-hybridized carbons (Fsp3) is 0.300. The first-order valence-electron chi connectivity index (χ1n) is 8.63. The number of ether oxygens (including phenoxy) is 1. The Morgan fingerprint density at radius 3 is 2.28 bits per heavy atom. The summed E-state index contributed by atoms with van der Waals surface area (Å²) >= 11 is 0. The second-order valence-electron chi connectivity index (χ2n) is 6.43. The van der Waals surface area contributed by atoms with Crippen molar-refractivity contribution in [2.45, 2.75) is 25.7 Å². The molecule has 5 nitrogen and oxygen atoms in total. The highest BCUT2D eigenvalue weighted by Crippen LogP contribution is 2.24. The lowest BCUT2D eigenvalue weighted by Crippen LogP contribution is -2.17. The smallest absolute Gasteiger partial charge is 0.378 e. The summed E-state index contributed by atoms with van der Waals surface area (Å²) in [6.07, 6.45) is 4.13. The van der Waals surface area contributed by atoms with Crippen molar-refractivity contribution in [3.8, 4) is 0 Å². The van der Waals surface area contributed by atoms with E-state index in [1.54, 1.807) is 0 Å². The van der Waals surface area contributed by atoms with Gasteiger partial charge in [-0.15, -0.1) is 10.2 Å². The van der Waals surface area contributed by atoms with E-state index >= 15 is 0 Å². The van der Waals surface area contributed by atoms with Crippen LogP contribution in [0.3, 0.4) is 0 Å². The van der Waals surface area contributed by atoms with E-state index in [4.69, 9.17) is 4.74 Å². The Balaban J connectivity index is 1.38. The van der Waals surface area contributed by atoms with E-state index in [0.717, 1.165) is 25.7 Å². The first kappa shape index (κ1) is 15.7. The number of carbonyl (C=O) groups is 1. The number of hydrogen-bond donors (Lipinski definition) is 0. The summed E-state index contributed by atoms with van der Waals surface area (Å²) in [5, 5.41) is 7.91. The van der Waals surface area contributed by atoms with Gasteiger partial charge in [0.25, 0.3) is 5.82 Å². The molecule has 0 spiro atoms. The number of aryl methyl sites for hydroxylation is 2. The van der Waals surface area contributed by atoms with Crippen LogP contribution < -0.4 is 0 Å². The minimum atomic E-state index is -0.500. The van der Waals surface area contributed by atoms with Crippen LogP contribution in [0.4, 0.5) is 0 Å². The van der Waals surface area contributed by atoms with Crippen LogP contribution in [0, 0.1) is 5.92 Å². The van der Waals surface area contributed by atoms with Gasteiger partial charge in [-0.2, -0.15) is 0 Å². The molecule has 126 valence electrons. The Hall–Kier alpha value is -2.82.